The normalized spacial score (nSPS) is 16.8. The summed E-state index contributed by atoms with van der Waals surface area (Å²) in [6, 6.07) is 0. The molecule has 70 valence electrons. The van der Waals surface area contributed by atoms with Gasteiger partial charge in [0, 0.05) is 4.57 Å². The van der Waals surface area contributed by atoms with Gasteiger partial charge in [0.05, 0.1) is 6.16 Å². The molecule has 0 aliphatic carbocycles. The second kappa shape index (κ2) is 4.85. The molecule has 5 nitrogen and oxygen atoms in total. The molecule has 0 aliphatic rings. The van der Waals surface area contributed by atoms with Crippen molar-refractivity contribution in [3.63, 3.8) is 0 Å². The van der Waals surface area contributed by atoms with E-state index >= 15 is 0 Å². The van der Waals surface area contributed by atoms with E-state index < -0.39 is 15.9 Å². The van der Waals surface area contributed by atoms with Crippen molar-refractivity contribution in [2.24, 2.45) is 0 Å². The lowest BCUT2D eigenvalue weighted by Gasteiger charge is -2.01. The van der Waals surface area contributed by atoms with Gasteiger partial charge >= 0.3 is 15.9 Å². The van der Waals surface area contributed by atoms with Crippen LogP contribution in [0.2, 0.25) is 0 Å². The van der Waals surface area contributed by atoms with Crippen LogP contribution >= 0.6 is 15.9 Å². The smallest absolute Gasteiger partial charge is 0.322 e. The van der Waals surface area contributed by atoms with Crippen LogP contribution in [-0.4, -0.2) is 15.9 Å². The molecule has 7 heteroatoms. The van der Waals surface area contributed by atoms with E-state index in [-0.39, 0.29) is 6.16 Å². The monoisotopic (exact) mass is 213 g/mol. The topological polar surface area (TPSA) is 83.8 Å². The standard InChI is InChI=1S/C5H10O5P2/c1-5(2)3-4-12(8,9)10-11(6)7/h1,3-4H2,2H3,(H-,6,7,8,9)/p+1. The highest BCUT2D eigenvalue weighted by molar-refractivity contribution is 7.59. The first-order valence-corrected chi connectivity index (χ1v) is 6.05. The van der Waals surface area contributed by atoms with E-state index in [0.717, 1.165) is 5.57 Å². The first kappa shape index (κ1) is 11.9. The van der Waals surface area contributed by atoms with Crippen molar-refractivity contribution in [1.82, 2.24) is 0 Å². The first-order valence-electron chi connectivity index (χ1n) is 3.15. The number of hydrogen-bond acceptors (Lipinski definition) is 3. The molecule has 0 heterocycles. The van der Waals surface area contributed by atoms with Crippen molar-refractivity contribution in [2.45, 2.75) is 13.3 Å². The minimum Gasteiger partial charge on any atom is -0.322 e. The van der Waals surface area contributed by atoms with Crippen molar-refractivity contribution in [3.05, 3.63) is 12.2 Å². The van der Waals surface area contributed by atoms with Gasteiger partial charge in [0.2, 0.25) is 0 Å². The predicted octanol–water partition coefficient (Wildman–Crippen LogP) is 1.80. The molecule has 0 amide bonds. The second-order valence-corrected chi connectivity index (χ2v) is 5.24. The molecule has 0 spiro atoms. The van der Waals surface area contributed by atoms with E-state index in [1.54, 1.807) is 6.92 Å². The molecule has 0 aromatic carbocycles. The Morgan fingerprint density at radius 2 is 2.25 bits per heavy atom. The third-order valence-electron chi connectivity index (χ3n) is 1.02. The molecule has 0 saturated carbocycles. The van der Waals surface area contributed by atoms with Crippen LogP contribution in [0.5, 0.6) is 0 Å². The maximum Gasteiger partial charge on any atom is 0.703 e. The van der Waals surface area contributed by atoms with Gasteiger partial charge in [-0.15, -0.1) is 11.5 Å². The van der Waals surface area contributed by atoms with Crippen LogP contribution in [0.3, 0.4) is 0 Å². The van der Waals surface area contributed by atoms with Crippen molar-refractivity contribution in [3.8, 4) is 0 Å². The van der Waals surface area contributed by atoms with E-state index in [4.69, 9.17) is 9.79 Å². The SMILES string of the molecule is C=C(C)CCP(=O)(O)O[P+](=O)O. The Labute approximate surface area is 71.6 Å². The van der Waals surface area contributed by atoms with Crippen molar-refractivity contribution >= 4 is 15.9 Å². The van der Waals surface area contributed by atoms with Gasteiger partial charge in [-0.3, -0.25) is 4.57 Å². The zero-order valence-corrected chi connectivity index (χ0v) is 8.42. The van der Waals surface area contributed by atoms with E-state index in [1.165, 1.54) is 0 Å². The van der Waals surface area contributed by atoms with Crippen molar-refractivity contribution < 1.29 is 23.2 Å². The van der Waals surface area contributed by atoms with Gasteiger partial charge in [-0.05, 0) is 17.7 Å². The van der Waals surface area contributed by atoms with Gasteiger partial charge < -0.3 is 4.89 Å². The van der Waals surface area contributed by atoms with Crippen molar-refractivity contribution in [2.75, 3.05) is 6.16 Å². The Balaban J connectivity index is 3.96. The van der Waals surface area contributed by atoms with Crippen LogP contribution in [0.15, 0.2) is 12.2 Å². The number of allylic oxidation sites excluding steroid dienone is 1. The summed E-state index contributed by atoms with van der Waals surface area (Å²) in [5.74, 6) is 0. The summed E-state index contributed by atoms with van der Waals surface area (Å²) in [4.78, 5) is 17.1. The Hall–Kier alpha value is -0.0500. The summed E-state index contributed by atoms with van der Waals surface area (Å²) < 4.78 is 24.8. The highest BCUT2D eigenvalue weighted by Gasteiger charge is 2.31. The number of rotatable bonds is 5. The summed E-state index contributed by atoms with van der Waals surface area (Å²) >= 11 is 0. The lowest BCUT2D eigenvalue weighted by molar-refractivity contribution is 0.350. The van der Waals surface area contributed by atoms with Gasteiger partial charge in [0.15, 0.2) is 0 Å². The van der Waals surface area contributed by atoms with Crippen LogP contribution in [0.1, 0.15) is 13.3 Å². The van der Waals surface area contributed by atoms with E-state index in [2.05, 4.69) is 10.9 Å². The quantitative estimate of drug-likeness (QED) is 0.537. The lowest BCUT2D eigenvalue weighted by Crippen LogP contribution is -1.90. The van der Waals surface area contributed by atoms with Crippen LogP contribution < -0.4 is 0 Å². The molecule has 0 aliphatic heterocycles. The summed E-state index contributed by atoms with van der Waals surface area (Å²) in [5, 5.41) is 0. The zero-order chi connectivity index (χ0) is 9.78. The predicted molar refractivity (Wildman–Crippen MR) is 45.0 cm³/mol. The van der Waals surface area contributed by atoms with Gasteiger partial charge in [-0.2, -0.15) is 0 Å². The summed E-state index contributed by atoms with van der Waals surface area (Å²) in [7, 11) is -6.91. The average Bonchev–Trinajstić information content (AvgIpc) is 1.81. The molecule has 0 rings (SSSR count). The van der Waals surface area contributed by atoms with Gasteiger partial charge in [-0.1, -0.05) is 5.57 Å². The molecule has 0 fully saturated rings. The number of hydrogen-bond donors (Lipinski definition) is 2. The summed E-state index contributed by atoms with van der Waals surface area (Å²) in [6.07, 6.45) is 0.126. The molecule has 2 N–H and O–H groups in total. The second-order valence-electron chi connectivity index (χ2n) is 2.39. The summed E-state index contributed by atoms with van der Waals surface area (Å²) in [5.41, 5.74) is 0.723. The third kappa shape index (κ3) is 6.65. The fraction of sp³-hybridized carbons (Fsp3) is 0.600. The van der Waals surface area contributed by atoms with Crippen LogP contribution in [0, 0.1) is 0 Å². The molecule has 0 aromatic rings. The highest BCUT2D eigenvalue weighted by Crippen LogP contribution is 2.50. The molecular formula is C5H11O5P2+. The van der Waals surface area contributed by atoms with Gasteiger partial charge in [-0.25, -0.2) is 0 Å². The van der Waals surface area contributed by atoms with E-state index in [9.17, 15) is 9.13 Å². The van der Waals surface area contributed by atoms with Crippen LogP contribution in [0.4, 0.5) is 0 Å². The molecular weight excluding hydrogens is 202 g/mol. The Kier molecular flexibility index (Phi) is 4.83. The average molecular weight is 213 g/mol. The van der Waals surface area contributed by atoms with Crippen LogP contribution in [-0.2, 0) is 13.4 Å². The molecule has 0 aromatic heterocycles. The first-order chi connectivity index (χ1) is 5.33. The Morgan fingerprint density at radius 3 is 2.58 bits per heavy atom. The molecule has 0 saturated heterocycles. The molecule has 12 heavy (non-hydrogen) atoms. The third-order valence-corrected chi connectivity index (χ3v) is 3.39. The minimum atomic E-state index is -3.90. The van der Waals surface area contributed by atoms with Crippen LogP contribution in [0.25, 0.3) is 0 Å². The van der Waals surface area contributed by atoms with E-state index in [0.29, 0.717) is 6.42 Å². The largest absolute Gasteiger partial charge is 0.703 e. The van der Waals surface area contributed by atoms with Crippen molar-refractivity contribution in [1.29, 1.82) is 0 Å². The Morgan fingerprint density at radius 1 is 1.75 bits per heavy atom. The highest BCUT2D eigenvalue weighted by atomic mass is 31.2. The molecule has 0 bridgehead atoms. The molecule has 0 radical (unpaired) electrons. The Bertz CT molecular complexity index is 236. The maximum atomic E-state index is 10.9. The van der Waals surface area contributed by atoms with Gasteiger partial charge in [0.25, 0.3) is 0 Å². The molecule has 2 atom stereocenters. The lowest BCUT2D eigenvalue weighted by atomic mass is 10.3. The fourth-order valence-corrected chi connectivity index (χ4v) is 2.35. The zero-order valence-electron chi connectivity index (χ0n) is 6.63. The summed E-state index contributed by atoms with van der Waals surface area (Å²) in [6.45, 7) is 5.21. The van der Waals surface area contributed by atoms with Gasteiger partial charge in [0.1, 0.15) is 0 Å². The minimum absolute atomic E-state index is 0.177. The molecule has 2 unspecified atom stereocenters. The fourth-order valence-electron chi connectivity index (χ4n) is 0.482. The van der Waals surface area contributed by atoms with E-state index in [1.807, 2.05) is 0 Å². The maximum absolute atomic E-state index is 10.9.